The van der Waals surface area contributed by atoms with Crippen LogP contribution in [0.4, 0.5) is 15.8 Å². The van der Waals surface area contributed by atoms with Crippen molar-refractivity contribution in [1.82, 2.24) is 0 Å². The molecule has 1 fully saturated rings. The topological polar surface area (TPSA) is 55.2 Å². The highest BCUT2D eigenvalue weighted by Gasteiger charge is 2.20. The minimum absolute atomic E-state index is 0.190. The summed E-state index contributed by atoms with van der Waals surface area (Å²) in [5, 5.41) is 13.9. The largest absolute Gasteiger partial charge is 0.379 e. The molecule has 1 N–H and O–H groups in total. The van der Waals surface area contributed by atoms with Gasteiger partial charge in [-0.25, -0.2) is 4.39 Å². The molecule has 0 amide bonds. The maximum absolute atomic E-state index is 13.3. The van der Waals surface area contributed by atoms with Crippen LogP contribution in [0.5, 0.6) is 0 Å². The highest BCUT2D eigenvalue weighted by atomic mass is 19.1. The van der Waals surface area contributed by atoms with E-state index in [1.165, 1.54) is 25.3 Å². The van der Waals surface area contributed by atoms with Gasteiger partial charge in [0.05, 0.1) is 11.0 Å². The summed E-state index contributed by atoms with van der Waals surface area (Å²) < 4.78 is 13.3. The molecule has 0 saturated heterocycles. The van der Waals surface area contributed by atoms with Gasteiger partial charge in [0.25, 0.3) is 5.69 Å². The third-order valence-electron chi connectivity index (χ3n) is 3.28. The molecule has 0 heterocycles. The van der Waals surface area contributed by atoms with Crippen LogP contribution in [0, 0.1) is 28.8 Å². The van der Waals surface area contributed by atoms with Crippen molar-refractivity contribution >= 4 is 11.4 Å². The van der Waals surface area contributed by atoms with Crippen molar-refractivity contribution in [2.45, 2.75) is 32.6 Å². The van der Waals surface area contributed by atoms with E-state index < -0.39 is 10.7 Å². The molecule has 0 atom stereocenters. The quantitative estimate of drug-likeness (QED) is 0.477. The average molecular weight is 252 g/mol. The summed E-state index contributed by atoms with van der Waals surface area (Å²) in [6.07, 6.45) is 4.80. The summed E-state index contributed by atoms with van der Waals surface area (Å²) in [7, 11) is 0. The van der Waals surface area contributed by atoms with Crippen LogP contribution in [0.1, 0.15) is 31.2 Å². The molecule has 0 spiro atoms. The molecule has 5 heteroatoms. The van der Waals surface area contributed by atoms with Crippen LogP contribution in [-0.4, -0.2) is 11.5 Å². The van der Waals surface area contributed by atoms with E-state index in [1.54, 1.807) is 6.92 Å². The Morgan fingerprint density at radius 3 is 2.83 bits per heavy atom. The number of nitro benzene ring substituents is 1. The summed E-state index contributed by atoms with van der Waals surface area (Å²) in [4.78, 5) is 10.3. The minimum atomic E-state index is -0.550. The lowest BCUT2D eigenvalue weighted by atomic mass is 10.1. The van der Waals surface area contributed by atoms with Crippen molar-refractivity contribution in [3.05, 3.63) is 33.6 Å². The Hall–Kier alpha value is -1.65. The fourth-order valence-corrected chi connectivity index (χ4v) is 1.98. The smallest absolute Gasteiger partial charge is 0.295 e. The SMILES string of the molecule is Cc1cc(NCCCC2CC2)c([N+](=O)[O-])cc1F. The van der Waals surface area contributed by atoms with E-state index >= 15 is 0 Å². The lowest BCUT2D eigenvalue weighted by molar-refractivity contribution is -0.384. The third kappa shape index (κ3) is 3.18. The Labute approximate surface area is 105 Å². The second-order valence-corrected chi connectivity index (χ2v) is 4.89. The zero-order chi connectivity index (χ0) is 13.1. The van der Waals surface area contributed by atoms with Crippen molar-refractivity contribution in [2.75, 3.05) is 11.9 Å². The first-order valence-corrected chi connectivity index (χ1v) is 6.26. The number of nitro groups is 1. The molecule has 0 radical (unpaired) electrons. The first-order chi connectivity index (χ1) is 8.58. The highest BCUT2D eigenvalue weighted by Crippen LogP contribution is 2.33. The fraction of sp³-hybridized carbons (Fsp3) is 0.538. The molecule has 1 aromatic rings. The van der Waals surface area contributed by atoms with Gasteiger partial charge in [0.2, 0.25) is 0 Å². The maximum atomic E-state index is 13.3. The summed E-state index contributed by atoms with van der Waals surface area (Å²) in [5.41, 5.74) is 0.643. The molecule has 98 valence electrons. The van der Waals surface area contributed by atoms with Crippen LogP contribution < -0.4 is 5.32 Å². The van der Waals surface area contributed by atoms with Crippen LogP contribution >= 0.6 is 0 Å². The van der Waals surface area contributed by atoms with Gasteiger partial charge < -0.3 is 5.32 Å². The average Bonchev–Trinajstić information content (AvgIpc) is 3.12. The second kappa shape index (κ2) is 5.33. The van der Waals surface area contributed by atoms with E-state index in [9.17, 15) is 14.5 Å². The highest BCUT2D eigenvalue weighted by molar-refractivity contribution is 5.63. The molecule has 1 aliphatic rings. The van der Waals surface area contributed by atoms with Crippen molar-refractivity contribution in [1.29, 1.82) is 0 Å². The number of benzene rings is 1. The van der Waals surface area contributed by atoms with Crippen LogP contribution in [0.3, 0.4) is 0 Å². The van der Waals surface area contributed by atoms with E-state index in [2.05, 4.69) is 5.32 Å². The third-order valence-corrected chi connectivity index (χ3v) is 3.28. The number of halogens is 1. The molecule has 0 bridgehead atoms. The Kier molecular flexibility index (Phi) is 3.79. The van der Waals surface area contributed by atoms with Gasteiger partial charge in [-0.05, 0) is 37.3 Å². The van der Waals surface area contributed by atoms with Crippen LogP contribution in [-0.2, 0) is 0 Å². The van der Waals surface area contributed by atoms with Gasteiger partial charge in [-0.1, -0.05) is 12.8 Å². The van der Waals surface area contributed by atoms with Gasteiger partial charge in [-0.15, -0.1) is 0 Å². The van der Waals surface area contributed by atoms with E-state index in [-0.39, 0.29) is 5.69 Å². The fourth-order valence-electron chi connectivity index (χ4n) is 1.98. The number of nitrogens with one attached hydrogen (secondary N) is 1. The number of aryl methyl sites for hydroxylation is 1. The summed E-state index contributed by atoms with van der Waals surface area (Å²) in [6.45, 7) is 2.30. The Bertz CT molecular complexity index is 459. The molecule has 0 unspecified atom stereocenters. The molecule has 1 saturated carbocycles. The van der Waals surface area contributed by atoms with Gasteiger partial charge in [-0.3, -0.25) is 10.1 Å². The van der Waals surface area contributed by atoms with Gasteiger partial charge in [-0.2, -0.15) is 0 Å². The molecule has 1 aliphatic carbocycles. The van der Waals surface area contributed by atoms with E-state index in [4.69, 9.17) is 0 Å². The van der Waals surface area contributed by atoms with Crippen molar-refractivity contribution in [2.24, 2.45) is 5.92 Å². The van der Waals surface area contributed by atoms with Crippen LogP contribution in [0.15, 0.2) is 12.1 Å². The number of anilines is 1. The minimum Gasteiger partial charge on any atom is -0.379 e. The van der Waals surface area contributed by atoms with E-state index in [0.29, 0.717) is 17.8 Å². The predicted molar refractivity (Wildman–Crippen MR) is 68.2 cm³/mol. The number of hydrogen-bond donors (Lipinski definition) is 1. The van der Waals surface area contributed by atoms with Crippen molar-refractivity contribution in [3.8, 4) is 0 Å². The Morgan fingerprint density at radius 2 is 2.22 bits per heavy atom. The molecular formula is C13H17FN2O2. The number of nitrogens with zero attached hydrogens (tertiary/aromatic N) is 1. The predicted octanol–water partition coefficient (Wildman–Crippen LogP) is 3.64. The first kappa shape index (κ1) is 12.8. The molecule has 0 aliphatic heterocycles. The van der Waals surface area contributed by atoms with Gasteiger partial charge in [0, 0.05) is 6.54 Å². The maximum Gasteiger partial charge on any atom is 0.295 e. The molecular weight excluding hydrogens is 235 g/mol. The monoisotopic (exact) mass is 252 g/mol. The standard InChI is InChI=1S/C13H17FN2O2/c1-9-7-12(13(16(17)18)8-11(9)14)15-6-2-3-10-4-5-10/h7-8,10,15H,2-6H2,1H3. The van der Waals surface area contributed by atoms with Crippen LogP contribution in [0.25, 0.3) is 0 Å². The van der Waals surface area contributed by atoms with Crippen LogP contribution in [0.2, 0.25) is 0 Å². The van der Waals surface area contributed by atoms with Gasteiger partial charge in [0.15, 0.2) is 0 Å². The Morgan fingerprint density at radius 1 is 1.50 bits per heavy atom. The van der Waals surface area contributed by atoms with E-state index in [0.717, 1.165) is 18.4 Å². The number of hydrogen-bond acceptors (Lipinski definition) is 3. The molecule has 1 aromatic carbocycles. The van der Waals surface area contributed by atoms with E-state index in [1.807, 2.05) is 0 Å². The van der Waals surface area contributed by atoms with Crippen molar-refractivity contribution < 1.29 is 9.31 Å². The Balaban J connectivity index is 1.99. The normalized spacial score (nSPS) is 14.6. The summed E-state index contributed by atoms with van der Waals surface area (Å²) >= 11 is 0. The molecule has 0 aromatic heterocycles. The number of rotatable bonds is 6. The lowest BCUT2D eigenvalue weighted by Crippen LogP contribution is -2.05. The molecule has 2 rings (SSSR count). The van der Waals surface area contributed by atoms with Gasteiger partial charge >= 0.3 is 0 Å². The lowest BCUT2D eigenvalue weighted by Gasteiger charge is -2.08. The second-order valence-electron chi connectivity index (χ2n) is 4.89. The molecule has 4 nitrogen and oxygen atoms in total. The van der Waals surface area contributed by atoms with Crippen molar-refractivity contribution in [3.63, 3.8) is 0 Å². The zero-order valence-electron chi connectivity index (χ0n) is 10.4. The molecule has 18 heavy (non-hydrogen) atoms. The summed E-state index contributed by atoms with van der Waals surface area (Å²) in [5.74, 6) is 0.321. The van der Waals surface area contributed by atoms with Gasteiger partial charge in [0.1, 0.15) is 11.5 Å². The zero-order valence-corrected chi connectivity index (χ0v) is 10.4. The first-order valence-electron chi connectivity index (χ1n) is 6.26. The summed E-state index contributed by atoms with van der Waals surface area (Å²) in [6, 6.07) is 2.49.